The van der Waals surface area contributed by atoms with Gasteiger partial charge >= 0.3 is 0 Å². The quantitative estimate of drug-likeness (QED) is 0.435. The number of rotatable bonds is 6. The van der Waals surface area contributed by atoms with E-state index in [-0.39, 0.29) is 30.0 Å². The van der Waals surface area contributed by atoms with Crippen LogP contribution < -0.4 is 4.74 Å². The van der Waals surface area contributed by atoms with Gasteiger partial charge in [0.25, 0.3) is 5.69 Å². The number of nitro groups is 1. The molecule has 6 heteroatoms. The summed E-state index contributed by atoms with van der Waals surface area (Å²) in [6.07, 6.45) is 0.942. The van der Waals surface area contributed by atoms with Gasteiger partial charge in [-0.15, -0.1) is 0 Å². The number of hydrogen-bond acceptors (Lipinski definition) is 4. The van der Waals surface area contributed by atoms with Crippen LogP contribution in [0.1, 0.15) is 23.5 Å². The van der Waals surface area contributed by atoms with Crippen molar-refractivity contribution in [1.29, 1.82) is 0 Å². The number of likely N-dealkylation sites (tertiary alicyclic amines) is 1. The van der Waals surface area contributed by atoms with Crippen molar-refractivity contribution in [2.24, 2.45) is 0 Å². The van der Waals surface area contributed by atoms with Crippen LogP contribution in [-0.2, 0) is 11.2 Å². The fourth-order valence-electron chi connectivity index (χ4n) is 4.01. The third-order valence-electron chi connectivity index (χ3n) is 5.66. The zero-order valence-electron chi connectivity index (χ0n) is 17.1. The average molecular weight is 416 g/mol. The van der Waals surface area contributed by atoms with E-state index < -0.39 is 4.92 Å². The Balaban J connectivity index is 1.48. The molecule has 0 spiro atoms. The molecule has 1 aliphatic heterocycles. The largest absolute Gasteiger partial charge is 0.490 e. The van der Waals surface area contributed by atoms with E-state index >= 15 is 0 Å². The molecule has 1 saturated heterocycles. The van der Waals surface area contributed by atoms with Crippen molar-refractivity contribution in [3.63, 3.8) is 0 Å². The van der Waals surface area contributed by atoms with Crippen LogP contribution in [0.4, 0.5) is 5.69 Å². The van der Waals surface area contributed by atoms with E-state index in [4.69, 9.17) is 4.74 Å². The molecular formula is C25H24N2O4. The standard InChI is InChI=1S/C25H24N2O4/c28-25(17-19-11-13-21(14-12-19)27(29)30)26-16-15-24(31-22-9-5-2-6-10-22)23(18-26)20-7-3-1-4-8-20/h1-14,23-24H,15-18H2/t23-,24+/m1/s1. The second-order valence-electron chi connectivity index (χ2n) is 7.72. The molecule has 31 heavy (non-hydrogen) atoms. The topological polar surface area (TPSA) is 72.7 Å². The van der Waals surface area contributed by atoms with Crippen molar-refractivity contribution in [1.82, 2.24) is 4.90 Å². The second-order valence-corrected chi connectivity index (χ2v) is 7.72. The predicted octanol–water partition coefficient (Wildman–Crippen LogP) is 4.60. The van der Waals surface area contributed by atoms with Crippen molar-refractivity contribution in [3.8, 4) is 5.75 Å². The summed E-state index contributed by atoms with van der Waals surface area (Å²) in [5.74, 6) is 0.919. The number of nitrogens with zero attached hydrogens (tertiary/aromatic N) is 2. The number of non-ortho nitro benzene ring substituents is 1. The van der Waals surface area contributed by atoms with Gasteiger partial charge in [-0.25, -0.2) is 0 Å². The molecule has 4 rings (SSSR count). The number of para-hydroxylation sites is 1. The number of carbonyl (C=O) groups is 1. The fraction of sp³-hybridized carbons (Fsp3) is 0.240. The highest BCUT2D eigenvalue weighted by Gasteiger charge is 2.34. The maximum atomic E-state index is 13.0. The normalized spacial score (nSPS) is 18.4. The van der Waals surface area contributed by atoms with Gasteiger partial charge in [-0.2, -0.15) is 0 Å². The van der Waals surface area contributed by atoms with E-state index in [0.29, 0.717) is 13.1 Å². The summed E-state index contributed by atoms with van der Waals surface area (Å²) < 4.78 is 6.30. The van der Waals surface area contributed by atoms with Crippen LogP contribution in [0.5, 0.6) is 5.75 Å². The zero-order valence-corrected chi connectivity index (χ0v) is 17.1. The monoisotopic (exact) mass is 416 g/mol. The number of benzene rings is 3. The highest BCUT2D eigenvalue weighted by Crippen LogP contribution is 2.31. The molecule has 0 N–H and O–H groups in total. The van der Waals surface area contributed by atoms with Crippen LogP contribution in [0, 0.1) is 10.1 Å². The van der Waals surface area contributed by atoms with E-state index in [2.05, 4.69) is 12.1 Å². The second kappa shape index (κ2) is 9.43. The Morgan fingerprint density at radius 2 is 1.61 bits per heavy atom. The molecule has 0 saturated carbocycles. The Morgan fingerprint density at radius 1 is 0.968 bits per heavy atom. The minimum Gasteiger partial charge on any atom is -0.490 e. The molecule has 0 aromatic heterocycles. The van der Waals surface area contributed by atoms with Crippen molar-refractivity contribution in [3.05, 3.63) is 106 Å². The highest BCUT2D eigenvalue weighted by molar-refractivity contribution is 5.79. The first kappa shape index (κ1) is 20.6. The number of nitro benzene ring substituents is 1. The van der Waals surface area contributed by atoms with Crippen LogP contribution in [0.2, 0.25) is 0 Å². The number of carbonyl (C=O) groups excluding carboxylic acids is 1. The fourth-order valence-corrected chi connectivity index (χ4v) is 4.01. The first-order valence-corrected chi connectivity index (χ1v) is 10.4. The molecule has 1 fully saturated rings. The van der Waals surface area contributed by atoms with Gasteiger partial charge in [0.1, 0.15) is 11.9 Å². The van der Waals surface area contributed by atoms with Gasteiger partial charge in [-0.05, 0) is 23.3 Å². The summed E-state index contributed by atoms with van der Waals surface area (Å²) in [6, 6.07) is 26.1. The van der Waals surface area contributed by atoms with Gasteiger partial charge in [-0.1, -0.05) is 60.7 Å². The lowest BCUT2D eigenvalue weighted by atomic mass is 9.87. The molecule has 0 radical (unpaired) electrons. The van der Waals surface area contributed by atoms with Gasteiger partial charge in [0.05, 0.1) is 11.3 Å². The van der Waals surface area contributed by atoms with Crippen LogP contribution in [0.15, 0.2) is 84.9 Å². The molecule has 158 valence electrons. The van der Waals surface area contributed by atoms with E-state index in [1.165, 1.54) is 12.1 Å². The Bertz CT molecular complexity index is 1020. The Kier molecular flexibility index (Phi) is 6.26. The van der Waals surface area contributed by atoms with E-state index in [1.807, 2.05) is 53.4 Å². The minimum atomic E-state index is -0.437. The minimum absolute atomic E-state index is 0.0202. The smallest absolute Gasteiger partial charge is 0.269 e. The summed E-state index contributed by atoms with van der Waals surface area (Å²) in [5.41, 5.74) is 1.95. The molecule has 3 aromatic carbocycles. The first-order chi connectivity index (χ1) is 15.1. The van der Waals surface area contributed by atoms with Crippen molar-refractivity contribution < 1.29 is 14.5 Å². The third-order valence-corrected chi connectivity index (χ3v) is 5.66. The van der Waals surface area contributed by atoms with Crippen molar-refractivity contribution in [2.75, 3.05) is 13.1 Å². The zero-order chi connectivity index (χ0) is 21.6. The molecule has 0 unspecified atom stereocenters. The van der Waals surface area contributed by atoms with Gasteiger partial charge < -0.3 is 9.64 Å². The number of hydrogen-bond donors (Lipinski definition) is 0. The summed E-state index contributed by atoms with van der Waals surface area (Å²) in [6.45, 7) is 1.19. The Labute approximate surface area is 181 Å². The average Bonchev–Trinajstić information content (AvgIpc) is 2.81. The van der Waals surface area contributed by atoms with Crippen molar-refractivity contribution in [2.45, 2.75) is 24.9 Å². The lowest BCUT2D eigenvalue weighted by molar-refractivity contribution is -0.384. The van der Waals surface area contributed by atoms with E-state index in [9.17, 15) is 14.9 Å². The van der Waals surface area contributed by atoms with Gasteiger partial charge in [0.15, 0.2) is 0 Å². The molecule has 6 nitrogen and oxygen atoms in total. The SMILES string of the molecule is O=C(Cc1ccc([N+](=O)[O-])cc1)N1CC[C@H](Oc2ccccc2)[C@@H](c2ccccc2)C1. The molecule has 1 amide bonds. The Hall–Kier alpha value is -3.67. The van der Waals surface area contributed by atoms with Crippen LogP contribution in [0.25, 0.3) is 0 Å². The van der Waals surface area contributed by atoms with Crippen molar-refractivity contribution >= 4 is 11.6 Å². The van der Waals surface area contributed by atoms with Gasteiger partial charge in [-0.3, -0.25) is 14.9 Å². The summed E-state index contributed by atoms with van der Waals surface area (Å²) in [4.78, 5) is 25.3. The molecule has 2 atom stereocenters. The summed E-state index contributed by atoms with van der Waals surface area (Å²) in [5, 5.41) is 10.8. The molecule has 0 bridgehead atoms. The highest BCUT2D eigenvalue weighted by atomic mass is 16.6. The van der Waals surface area contributed by atoms with Crippen LogP contribution in [0.3, 0.4) is 0 Å². The maximum absolute atomic E-state index is 13.0. The third kappa shape index (κ3) is 5.09. The molecule has 1 aliphatic rings. The molecular weight excluding hydrogens is 392 g/mol. The van der Waals surface area contributed by atoms with E-state index in [0.717, 1.165) is 23.3 Å². The number of piperidine rings is 1. The number of amides is 1. The maximum Gasteiger partial charge on any atom is 0.269 e. The molecule has 0 aliphatic carbocycles. The predicted molar refractivity (Wildman–Crippen MR) is 118 cm³/mol. The Morgan fingerprint density at radius 3 is 2.26 bits per heavy atom. The van der Waals surface area contributed by atoms with Gasteiger partial charge in [0.2, 0.25) is 5.91 Å². The lowest BCUT2D eigenvalue weighted by Crippen LogP contribution is -2.47. The summed E-state index contributed by atoms with van der Waals surface area (Å²) in [7, 11) is 0. The van der Waals surface area contributed by atoms with Crippen LogP contribution >= 0.6 is 0 Å². The molecule has 3 aromatic rings. The van der Waals surface area contributed by atoms with Crippen LogP contribution in [-0.4, -0.2) is 34.9 Å². The first-order valence-electron chi connectivity index (χ1n) is 10.4. The lowest BCUT2D eigenvalue weighted by Gasteiger charge is -2.39. The summed E-state index contributed by atoms with van der Waals surface area (Å²) >= 11 is 0. The number of ether oxygens (including phenoxy) is 1. The van der Waals surface area contributed by atoms with Gasteiger partial charge in [0, 0.05) is 37.6 Å². The molecule has 1 heterocycles. The van der Waals surface area contributed by atoms with E-state index in [1.54, 1.807) is 12.1 Å².